The number of hydrogen-bond donors (Lipinski definition) is 3. The highest BCUT2D eigenvalue weighted by atomic mass is 35.5. The van der Waals surface area contributed by atoms with Crippen LogP contribution in [0.25, 0.3) is 5.69 Å². The number of aliphatic hydroxyl groups excluding tert-OH is 1. The Morgan fingerprint density at radius 2 is 2.04 bits per heavy atom. The van der Waals surface area contributed by atoms with Gasteiger partial charge in [0.05, 0.1) is 17.5 Å². The van der Waals surface area contributed by atoms with Gasteiger partial charge in [-0.05, 0) is 38.1 Å². The van der Waals surface area contributed by atoms with Crippen LogP contribution in [0.1, 0.15) is 17.0 Å². The molecule has 1 fully saturated rings. The van der Waals surface area contributed by atoms with E-state index in [1.165, 1.54) is 5.56 Å². The van der Waals surface area contributed by atoms with Gasteiger partial charge in [0.1, 0.15) is 0 Å². The number of aromatic nitrogens is 2. The number of aryl methyl sites for hydroxylation is 1. The summed E-state index contributed by atoms with van der Waals surface area (Å²) >= 11 is 5.95. The van der Waals surface area contributed by atoms with Gasteiger partial charge >= 0.3 is 0 Å². The van der Waals surface area contributed by atoms with Gasteiger partial charge in [-0.1, -0.05) is 11.6 Å². The van der Waals surface area contributed by atoms with Crippen LogP contribution in [0.3, 0.4) is 0 Å². The van der Waals surface area contributed by atoms with E-state index in [2.05, 4.69) is 22.7 Å². The van der Waals surface area contributed by atoms with Crippen molar-refractivity contribution >= 4 is 11.6 Å². The van der Waals surface area contributed by atoms with E-state index in [0.29, 0.717) is 6.54 Å². The number of hydrogen-bond acceptors (Lipinski definition) is 4. The molecular weight excluding hydrogens is 312 g/mol. The summed E-state index contributed by atoms with van der Waals surface area (Å²) in [5, 5.41) is 21.9. The van der Waals surface area contributed by atoms with Crippen molar-refractivity contribution in [3.05, 3.63) is 46.2 Å². The molecule has 2 unspecified atom stereocenters. The monoisotopic (exact) mass is 334 g/mol. The zero-order chi connectivity index (χ0) is 16.4. The zero-order valence-corrected chi connectivity index (χ0v) is 14.3. The highest BCUT2D eigenvalue weighted by Crippen LogP contribution is 2.19. The largest absolute Gasteiger partial charge is 0.391 e. The maximum Gasteiger partial charge on any atom is 0.0716 e. The summed E-state index contributed by atoms with van der Waals surface area (Å²) in [5.74, 6) is 0.280. The first-order chi connectivity index (χ1) is 11.1. The Kier molecular flexibility index (Phi) is 5.02. The van der Waals surface area contributed by atoms with Crippen molar-refractivity contribution < 1.29 is 5.11 Å². The lowest BCUT2D eigenvalue weighted by Crippen LogP contribution is -2.30. The molecule has 1 aliphatic rings. The minimum absolute atomic E-state index is 0.249. The Balaban J connectivity index is 1.69. The van der Waals surface area contributed by atoms with Crippen LogP contribution < -0.4 is 10.6 Å². The molecule has 1 saturated heterocycles. The quantitative estimate of drug-likeness (QED) is 0.780. The van der Waals surface area contributed by atoms with Crippen LogP contribution in [0.15, 0.2) is 24.3 Å². The molecule has 2 atom stereocenters. The van der Waals surface area contributed by atoms with Crippen molar-refractivity contribution in [2.24, 2.45) is 5.92 Å². The molecular formula is C17H23ClN4O. The van der Waals surface area contributed by atoms with Crippen molar-refractivity contribution in [3.8, 4) is 5.69 Å². The molecule has 0 bridgehead atoms. The highest BCUT2D eigenvalue weighted by molar-refractivity contribution is 6.30. The third kappa shape index (κ3) is 3.58. The van der Waals surface area contributed by atoms with Gasteiger partial charge in [0, 0.05) is 48.4 Å². The summed E-state index contributed by atoms with van der Waals surface area (Å²) in [4.78, 5) is 0. The van der Waals surface area contributed by atoms with E-state index in [4.69, 9.17) is 11.6 Å². The lowest BCUT2D eigenvalue weighted by atomic mass is 10.1. The SMILES string of the molecule is Cc1nn(-c2ccc(Cl)cc2)c(C)c1CNCC1CNCC1O. The fraction of sp³-hybridized carbons (Fsp3) is 0.471. The van der Waals surface area contributed by atoms with Crippen LogP contribution in [0.2, 0.25) is 5.02 Å². The molecule has 5 nitrogen and oxygen atoms in total. The second-order valence-electron chi connectivity index (χ2n) is 6.15. The van der Waals surface area contributed by atoms with Crippen LogP contribution in [0.4, 0.5) is 0 Å². The van der Waals surface area contributed by atoms with Gasteiger partial charge < -0.3 is 15.7 Å². The predicted molar refractivity (Wildman–Crippen MR) is 92.1 cm³/mol. The van der Waals surface area contributed by atoms with Crippen LogP contribution >= 0.6 is 11.6 Å². The van der Waals surface area contributed by atoms with Crippen molar-refractivity contribution in [2.45, 2.75) is 26.5 Å². The van der Waals surface area contributed by atoms with Crippen molar-refractivity contribution in [3.63, 3.8) is 0 Å². The molecule has 1 aromatic carbocycles. The first kappa shape index (κ1) is 16.5. The summed E-state index contributed by atoms with van der Waals surface area (Å²) < 4.78 is 1.95. The Morgan fingerprint density at radius 1 is 1.30 bits per heavy atom. The number of nitrogens with zero attached hydrogens (tertiary/aromatic N) is 2. The molecule has 0 spiro atoms. The smallest absolute Gasteiger partial charge is 0.0716 e. The first-order valence-corrected chi connectivity index (χ1v) is 8.34. The van der Waals surface area contributed by atoms with Crippen LogP contribution in [-0.4, -0.2) is 40.6 Å². The van der Waals surface area contributed by atoms with Gasteiger partial charge in [0.15, 0.2) is 0 Å². The lowest BCUT2D eigenvalue weighted by Gasteiger charge is -2.14. The minimum Gasteiger partial charge on any atom is -0.391 e. The van der Waals surface area contributed by atoms with E-state index < -0.39 is 0 Å². The van der Waals surface area contributed by atoms with Gasteiger partial charge in [-0.3, -0.25) is 0 Å². The average Bonchev–Trinajstić information content (AvgIpc) is 3.06. The van der Waals surface area contributed by atoms with Gasteiger partial charge in [0.25, 0.3) is 0 Å². The summed E-state index contributed by atoms with van der Waals surface area (Å²) in [7, 11) is 0. The van der Waals surface area contributed by atoms with Gasteiger partial charge in [-0.25, -0.2) is 4.68 Å². The molecule has 0 aliphatic carbocycles. The van der Waals surface area contributed by atoms with Crippen molar-refractivity contribution in [1.82, 2.24) is 20.4 Å². The number of β-amino-alcohol motifs (C(OH)–C–C–N with tert-alkyl or cyclic N) is 1. The van der Waals surface area contributed by atoms with Crippen molar-refractivity contribution in [1.29, 1.82) is 0 Å². The molecule has 124 valence electrons. The number of aliphatic hydroxyl groups is 1. The lowest BCUT2D eigenvalue weighted by molar-refractivity contribution is 0.146. The molecule has 3 N–H and O–H groups in total. The maximum absolute atomic E-state index is 9.84. The summed E-state index contributed by atoms with van der Waals surface area (Å²) in [6.07, 6.45) is -0.249. The molecule has 23 heavy (non-hydrogen) atoms. The van der Waals surface area contributed by atoms with Gasteiger partial charge in [0.2, 0.25) is 0 Å². The molecule has 1 aliphatic heterocycles. The standard InChI is InChI=1S/C17H23ClN4O/c1-11-16(9-19-7-13-8-20-10-17(13)23)12(2)22(21-11)15-5-3-14(18)4-6-15/h3-6,13,17,19-20,23H,7-10H2,1-2H3. The Labute approximate surface area is 141 Å². The molecule has 0 saturated carbocycles. The van der Waals surface area contributed by atoms with Crippen LogP contribution in [-0.2, 0) is 6.54 Å². The summed E-state index contributed by atoms with van der Waals surface area (Å²) in [6.45, 7) is 7.24. The number of nitrogens with one attached hydrogen (secondary N) is 2. The second kappa shape index (κ2) is 7.01. The topological polar surface area (TPSA) is 62.1 Å². The predicted octanol–water partition coefficient (Wildman–Crippen LogP) is 1.81. The van der Waals surface area contributed by atoms with E-state index >= 15 is 0 Å². The molecule has 2 aromatic rings. The fourth-order valence-corrected chi connectivity index (χ4v) is 3.20. The molecule has 3 rings (SSSR count). The van der Waals surface area contributed by atoms with E-state index in [1.807, 2.05) is 35.9 Å². The first-order valence-electron chi connectivity index (χ1n) is 7.97. The molecule has 0 radical (unpaired) electrons. The zero-order valence-electron chi connectivity index (χ0n) is 13.5. The van der Waals surface area contributed by atoms with Crippen molar-refractivity contribution in [2.75, 3.05) is 19.6 Å². The highest BCUT2D eigenvalue weighted by Gasteiger charge is 2.24. The molecule has 6 heteroatoms. The summed E-state index contributed by atoms with van der Waals surface area (Å²) in [6, 6.07) is 7.69. The minimum atomic E-state index is -0.249. The van der Waals surface area contributed by atoms with Crippen LogP contribution in [0.5, 0.6) is 0 Å². The molecule has 2 heterocycles. The fourth-order valence-electron chi connectivity index (χ4n) is 3.07. The Bertz CT molecular complexity index is 668. The Hall–Kier alpha value is -1.40. The van der Waals surface area contributed by atoms with E-state index in [1.54, 1.807) is 0 Å². The third-order valence-corrected chi connectivity index (χ3v) is 4.78. The Morgan fingerprint density at radius 3 is 2.70 bits per heavy atom. The third-order valence-electron chi connectivity index (χ3n) is 4.52. The molecule has 1 aromatic heterocycles. The average molecular weight is 335 g/mol. The number of benzene rings is 1. The van der Waals surface area contributed by atoms with Gasteiger partial charge in [-0.15, -0.1) is 0 Å². The van der Waals surface area contributed by atoms with E-state index in [-0.39, 0.29) is 12.0 Å². The van der Waals surface area contributed by atoms with Crippen LogP contribution in [0, 0.1) is 19.8 Å². The maximum atomic E-state index is 9.84. The van der Waals surface area contributed by atoms with Gasteiger partial charge in [-0.2, -0.15) is 5.10 Å². The van der Waals surface area contributed by atoms with E-state index in [0.717, 1.165) is 41.7 Å². The second-order valence-corrected chi connectivity index (χ2v) is 6.59. The summed E-state index contributed by atoms with van der Waals surface area (Å²) in [5.41, 5.74) is 4.37. The van der Waals surface area contributed by atoms with E-state index in [9.17, 15) is 5.11 Å². The normalized spacial score (nSPS) is 21.0. The molecule has 0 amide bonds. The number of halogens is 1. The number of rotatable bonds is 5.